The molecule has 10 heteroatoms. The molecule has 0 aliphatic heterocycles. The SMILES string of the molecule is CCCc1n[nH]c(=S)n1/N=C\c1cc([N+](=O)[O-])c(OC)cc1OC. The molecule has 0 fully saturated rings. The van der Waals surface area contributed by atoms with E-state index in [0.717, 1.165) is 6.42 Å². The number of nitro groups is 1. The highest BCUT2D eigenvalue weighted by Crippen LogP contribution is 2.33. The van der Waals surface area contributed by atoms with Crippen LogP contribution in [0.1, 0.15) is 24.7 Å². The zero-order valence-corrected chi connectivity index (χ0v) is 14.3. The van der Waals surface area contributed by atoms with Gasteiger partial charge >= 0.3 is 5.69 Å². The lowest BCUT2D eigenvalue weighted by atomic mass is 10.1. The Balaban J connectivity index is 2.49. The van der Waals surface area contributed by atoms with Crippen molar-refractivity contribution < 1.29 is 14.4 Å². The van der Waals surface area contributed by atoms with Gasteiger partial charge in [-0.1, -0.05) is 6.92 Å². The smallest absolute Gasteiger partial charge is 0.311 e. The van der Waals surface area contributed by atoms with Crippen LogP contribution >= 0.6 is 12.2 Å². The number of hydrogen-bond donors (Lipinski definition) is 1. The van der Waals surface area contributed by atoms with E-state index in [0.29, 0.717) is 28.3 Å². The molecule has 0 atom stereocenters. The van der Waals surface area contributed by atoms with Crippen LogP contribution in [0.3, 0.4) is 0 Å². The van der Waals surface area contributed by atoms with E-state index >= 15 is 0 Å². The average molecular weight is 351 g/mol. The van der Waals surface area contributed by atoms with E-state index in [4.69, 9.17) is 21.7 Å². The van der Waals surface area contributed by atoms with E-state index in [1.165, 1.54) is 37.2 Å². The van der Waals surface area contributed by atoms with Crippen molar-refractivity contribution in [1.29, 1.82) is 0 Å². The number of H-pyrrole nitrogens is 1. The van der Waals surface area contributed by atoms with Crippen LogP contribution in [0.5, 0.6) is 11.5 Å². The van der Waals surface area contributed by atoms with Crippen molar-refractivity contribution in [3.63, 3.8) is 0 Å². The minimum atomic E-state index is -0.526. The summed E-state index contributed by atoms with van der Waals surface area (Å²) in [6.45, 7) is 2.02. The van der Waals surface area contributed by atoms with Gasteiger partial charge in [-0.05, 0) is 18.6 Å². The molecule has 2 rings (SSSR count). The van der Waals surface area contributed by atoms with Crippen LogP contribution < -0.4 is 9.47 Å². The number of nitrogens with one attached hydrogen (secondary N) is 1. The number of ether oxygens (including phenoxy) is 2. The highest BCUT2D eigenvalue weighted by Gasteiger charge is 2.19. The molecule has 0 amide bonds. The fourth-order valence-electron chi connectivity index (χ4n) is 2.10. The summed E-state index contributed by atoms with van der Waals surface area (Å²) in [4.78, 5) is 10.6. The Morgan fingerprint density at radius 2 is 2.12 bits per heavy atom. The van der Waals surface area contributed by atoms with E-state index < -0.39 is 4.92 Å². The fraction of sp³-hybridized carbons (Fsp3) is 0.357. The summed E-state index contributed by atoms with van der Waals surface area (Å²) in [5.74, 6) is 1.19. The normalized spacial score (nSPS) is 11.0. The molecule has 0 bridgehead atoms. The highest BCUT2D eigenvalue weighted by atomic mass is 32.1. The number of aromatic nitrogens is 3. The van der Waals surface area contributed by atoms with Crippen LogP contribution in [0.4, 0.5) is 5.69 Å². The number of methoxy groups -OCH3 is 2. The van der Waals surface area contributed by atoms with Crippen LogP contribution in [0.15, 0.2) is 17.2 Å². The predicted octanol–water partition coefficient (Wildman–Crippen LogP) is 2.70. The number of benzene rings is 1. The molecule has 0 spiro atoms. The molecule has 128 valence electrons. The Morgan fingerprint density at radius 3 is 2.71 bits per heavy atom. The van der Waals surface area contributed by atoms with Crippen molar-refractivity contribution in [2.45, 2.75) is 19.8 Å². The Labute approximate surface area is 143 Å². The Hall–Kier alpha value is -2.75. The summed E-state index contributed by atoms with van der Waals surface area (Å²) >= 11 is 5.14. The maximum absolute atomic E-state index is 11.2. The second kappa shape index (κ2) is 7.68. The van der Waals surface area contributed by atoms with Crippen LogP contribution in [0.25, 0.3) is 0 Å². The lowest BCUT2D eigenvalue weighted by Gasteiger charge is -2.08. The zero-order chi connectivity index (χ0) is 17.7. The number of rotatable bonds is 7. The average Bonchev–Trinajstić information content (AvgIpc) is 2.92. The molecule has 0 aliphatic carbocycles. The first-order chi connectivity index (χ1) is 11.5. The number of nitrogens with zero attached hydrogens (tertiary/aromatic N) is 4. The third-order valence-electron chi connectivity index (χ3n) is 3.23. The molecule has 9 nitrogen and oxygen atoms in total. The third-order valence-corrected chi connectivity index (χ3v) is 3.50. The molecule has 0 saturated carbocycles. The van der Waals surface area contributed by atoms with Crippen molar-refractivity contribution in [3.8, 4) is 11.5 Å². The van der Waals surface area contributed by atoms with Crippen molar-refractivity contribution in [2.24, 2.45) is 5.10 Å². The summed E-state index contributed by atoms with van der Waals surface area (Å²) in [5.41, 5.74) is 0.250. The second-order valence-corrected chi connectivity index (χ2v) is 5.16. The maximum Gasteiger partial charge on any atom is 0.311 e. The van der Waals surface area contributed by atoms with Gasteiger partial charge in [-0.15, -0.1) is 0 Å². The van der Waals surface area contributed by atoms with E-state index in [9.17, 15) is 10.1 Å². The summed E-state index contributed by atoms with van der Waals surface area (Å²) in [5, 5.41) is 22.2. The molecular weight excluding hydrogens is 334 g/mol. The minimum absolute atomic E-state index is 0.112. The zero-order valence-electron chi connectivity index (χ0n) is 13.5. The van der Waals surface area contributed by atoms with Crippen LogP contribution in [0.2, 0.25) is 0 Å². The molecule has 1 N–H and O–H groups in total. The van der Waals surface area contributed by atoms with E-state index in [1.807, 2.05) is 6.92 Å². The number of hydrogen-bond acceptors (Lipinski definition) is 7. The largest absolute Gasteiger partial charge is 0.496 e. The Morgan fingerprint density at radius 1 is 1.42 bits per heavy atom. The van der Waals surface area contributed by atoms with Gasteiger partial charge < -0.3 is 9.47 Å². The molecular formula is C14H17N5O4S. The van der Waals surface area contributed by atoms with Crippen molar-refractivity contribution in [3.05, 3.63) is 38.4 Å². The molecule has 0 aliphatic rings. The van der Waals surface area contributed by atoms with Gasteiger partial charge in [0.15, 0.2) is 5.82 Å². The predicted molar refractivity (Wildman–Crippen MR) is 90.6 cm³/mol. The first-order valence-corrected chi connectivity index (χ1v) is 7.53. The Bertz CT molecular complexity index is 827. The number of aromatic amines is 1. The van der Waals surface area contributed by atoms with E-state index in [-0.39, 0.29) is 11.4 Å². The monoisotopic (exact) mass is 351 g/mol. The van der Waals surface area contributed by atoms with Gasteiger partial charge in [-0.2, -0.15) is 14.9 Å². The highest BCUT2D eigenvalue weighted by molar-refractivity contribution is 7.71. The first kappa shape index (κ1) is 17.6. The molecule has 1 aromatic carbocycles. The van der Waals surface area contributed by atoms with Crippen molar-refractivity contribution in [1.82, 2.24) is 14.9 Å². The molecule has 24 heavy (non-hydrogen) atoms. The summed E-state index contributed by atoms with van der Waals surface area (Å²) in [7, 11) is 2.82. The van der Waals surface area contributed by atoms with Gasteiger partial charge in [0.2, 0.25) is 10.5 Å². The fourth-order valence-corrected chi connectivity index (χ4v) is 2.30. The summed E-state index contributed by atoms with van der Waals surface area (Å²) < 4.78 is 12.1. The lowest BCUT2D eigenvalue weighted by molar-refractivity contribution is -0.385. The molecule has 2 aromatic rings. The van der Waals surface area contributed by atoms with Gasteiger partial charge in [-0.3, -0.25) is 15.2 Å². The van der Waals surface area contributed by atoms with Gasteiger partial charge in [0.05, 0.1) is 25.4 Å². The maximum atomic E-state index is 11.2. The van der Waals surface area contributed by atoms with Crippen LogP contribution in [-0.4, -0.2) is 40.2 Å². The van der Waals surface area contributed by atoms with Crippen LogP contribution in [0, 0.1) is 14.9 Å². The summed E-state index contributed by atoms with van der Waals surface area (Å²) in [6, 6.07) is 2.78. The van der Waals surface area contributed by atoms with Crippen molar-refractivity contribution in [2.75, 3.05) is 14.2 Å². The Kier molecular flexibility index (Phi) is 5.64. The molecule has 1 aromatic heterocycles. The molecule has 1 heterocycles. The molecule has 0 unspecified atom stereocenters. The number of nitro benzene ring substituents is 1. The third kappa shape index (κ3) is 3.59. The first-order valence-electron chi connectivity index (χ1n) is 7.12. The van der Waals surface area contributed by atoms with E-state index in [2.05, 4.69) is 15.3 Å². The van der Waals surface area contributed by atoms with Gasteiger partial charge in [0.25, 0.3) is 0 Å². The summed E-state index contributed by atoms with van der Waals surface area (Å²) in [6.07, 6.45) is 3.02. The number of aryl methyl sites for hydroxylation is 1. The quantitative estimate of drug-likeness (QED) is 0.356. The minimum Gasteiger partial charge on any atom is -0.496 e. The van der Waals surface area contributed by atoms with Gasteiger partial charge in [-0.25, -0.2) is 0 Å². The van der Waals surface area contributed by atoms with Gasteiger partial charge in [0.1, 0.15) is 5.75 Å². The van der Waals surface area contributed by atoms with Crippen LogP contribution in [-0.2, 0) is 6.42 Å². The van der Waals surface area contributed by atoms with E-state index in [1.54, 1.807) is 0 Å². The topological polar surface area (TPSA) is 108 Å². The molecule has 0 saturated heterocycles. The second-order valence-electron chi connectivity index (χ2n) is 4.77. The lowest BCUT2D eigenvalue weighted by Crippen LogP contribution is -2.01. The van der Waals surface area contributed by atoms with Crippen molar-refractivity contribution >= 4 is 24.1 Å². The van der Waals surface area contributed by atoms with Gasteiger partial charge in [0, 0.05) is 24.1 Å². The standard InChI is InChI=1S/C14H17N5O4S/c1-4-5-13-16-17-14(24)18(13)15-8-9-6-10(19(20)21)12(23-3)7-11(9)22-2/h6-8H,4-5H2,1-3H3,(H,17,24)/b15-8-. The molecule has 0 radical (unpaired) electrons.